The van der Waals surface area contributed by atoms with Gasteiger partial charge in [0.2, 0.25) is 5.91 Å². The van der Waals surface area contributed by atoms with Crippen LogP contribution in [-0.4, -0.2) is 49.9 Å². The van der Waals surface area contributed by atoms with E-state index in [-0.39, 0.29) is 30.4 Å². The average Bonchev–Trinajstić information content (AvgIpc) is 2.97. The number of methoxy groups -OCH3 is 1. The number of nitrogens with zero attached hydrogens (tertiary/aromatic N) is 1. The lowest BCUT2D eigenvalue weighted by Crippen LogP contribution is -2.30. The molecule has 0 saturated carbocycles. The number of rotatable bonds is 9. The molecule has 0 fully saturated rings. The van der Waals surface area contributed by atoms with Crippen molar-refractivity contribution in [1.82, 2.24) is 4.90 Å². The van der Waals surface area contributed by atoms with Gasteiger partial charge in [-0.05, 0) is 51.1 Å². The number of hydrogen-bond acceptors (Lipinski definition) is 7. The monoisotopic (exact) mass is 418 g/mol. The van der Waals surface area contributed by atoms with Crippen molar-refractivity contribution >= 4 is 34.0 Å². The molecule has 0 atom stereocenters. The Balaban J connectivity index is 2.11. The van der Waals surface area contributed by atoms with Crippen molar-refractivity contribution in [2.45, 2.75) is 27.3 Å². The summed E-state index contributed by atoms with van der Waals surface area (Å²) < 4.78 is 10.3. The second kappa shape index (κ2) is 10.2. The average molecular weight is 419 g/mol. The molecule has 1 amide bonds. The largest absolute Gasteiger partial charge is 0.497 e. The molecule has 0 radical (unpaired) electrons. The third-order valence-corrected chi connectivity index (χ3v) is 5.51. The highest BCUT2D eigenvalue weighted by Crippen LogP contribution is 2.34. The summed E-state index contributed by atoms with van der Waals surface area (Å²) in [5.74, 6) is -0.231. The Morgan fingerprint density at radius 2 is 1.97 bits per heavy atom. The first-order valence-electron chi connectivity index (χ1n) is 9.19. The number of esters is 1. The highest BCUT2D eigenvalue weighted by atomic mass is 32.1. The molecule has 2 aromatic rings. The molecular weight excluding hydrogens is 392 g/mol. The first kappa shape index (κ1) is 22.6. The lowest BCUT2D eigenvalue weighted by molar-refractivity contribution is -0.117. The van der Waals surface area contributed by atoms with Crippen LogP contribution in [0.5, 0.6) is 5.75 Å². The van der Waals surface area contributed by atoms with E-state index in [9.17, 15) is 14.4 Å². The molecule has 0 aliphatic carbocycles. The smallest absolute Gasteiger partial charge is 0.341 e. The molecule has 0 aliphatic heterocycles. The van der Waals surface area contributed by atoms with Gasteiger partial charge in [0, 0.05) is 6.54 Å². The van der Waals surface area contributed by atoms with E-state index in [1.165, 1.54) is 6.92 Å². The number of Topliss-reactive ketones (excluding diaryl/α,β-unsaturated/α-hetero) is 1. The Bertz CT molecular complexity index is 906. The maximum atomic E-state index is 12.6. The number of ether oxygens (including phenoxy) is 2. The van der Waals surface area contributed by atoms with Crippen molar-refractivity contribution in [1.29, 1.82) is 0 Å². The van der Waals surface area contributed by atoms with Gasteiger partial charge in [-0.3, -0.25) is 14.5 Å². The summed E-state index contributed by atoms with van der Waals surface area (Å²) in [6.45, 7) is 5.70. The van der Waals surface area contributed by atoms with Crippen LogP contribution in [0.3, 0.4) is 0 Å². The molecule has 1 heterocycles. The summed E-state index contributed by atoms with van der Waals surface area (Å²) in [4.78, 5) is 39.0. The molecule has 8 heteroatoms. The topological polar surface area (TPSA) is 84.9 Å². The van der Waals surface area contributed by atoms with Gasteiger partial charge < -0.3 is 14.8 Å². The number of carbonyl (C=O) groups excluding carboxylic acids is 3. The molecule has 0 bridgehead atoms. The molecule has 1 N–H and O–H groups in total. The fourth-order valence-corrected chi connectivity index (χ4v) is 4.04. The third kappa shape index (κ3) is 5.88. The Morgan fingerprint density at radius 1 is 1.24 bits per heavy atom. The van der Waals surface area contributed by atoms with E-state index in [1.54, 1.807) is 21.0 Å². The number of carbonyl (C=O) groups is 3. The second-order valence-corrected chi connectivity index (χ2v) is 7.63. The van der Waals surface area contributed by atoms with Gasteiger partial charge in [-0.25, -0.2) is 4.79 Å². The van der Waals surface area contributed by atoms with Gasteiger partial charge in [0.25, 0.3) is 0 Å². The highest BCUT2D eigenvalue weighted by molar-refractivity contribution is 7.18. The standard InChI is InChI=1S/C21H26N2O5S/c1-6-28-21(26)18-13(2)19(14(3)24)29-20(18)22-17(25)12-23(4)11-15-8-7-9-16(10-15)27-5/h7-10H,6,11-12H2,1-5H3,(H,22,25). The van der Waals surface area contributed by atoms with Crippen LogP contribution in [0.2, 0.25) is 0 Å². The van der Waals surface area contributed by atoms with E-state index in [0.717, 1.165) is 22.6 Å². The molecule has 0 spiro atoms. The van der Waals surface area contributed by atoms with Crippen molar-refractivity contribution in [3.05, 3.63) is 45.8 Å². The number of nitrogens with one attached hydrogen (secondary N) is 1. The third-order valence-electron chi connectivity index (χ3n) is 4.20. The van der Waals surface area contributed by atoms with Crippen molar-refractivity contribution in [2.75, 3.05) is 32.6 Å². The zero-order valence-electron chi connectivity index (χ0n) is 17.3. The minimum atomic E-state index is -0.547. The summed E-state index contributed by atoms with van der Waals surface area (Å²) in [6, 6.07) is 7.62. The predicted octanol–water partition coefficient (Wildman–Crippen LogP) is 3.51. The van der Waals surface area contributed by atoms with Gasteiger partial charge in [0.15, 0.2) is 5.78 Å². The number of ketones is 1. The van der Waals surface area contributed by atoms with Crippen LogP contribution in [0.1, 0.15) is 45.0 Å². The van der Waals surface area contributed by atoms with Gasteiger partial charge in [0.05, 0.1) is 30.7 Å². The minimum absolute atomic E-state index is 0.117. The van der Waals surface area contributed by atoms with E-state index in [1.807, 2.05) is 36.2 Å². The molecule has 2 rings (SSSR count). The molecule has 0 saturated heterocycles. The van der Waals surface area contributed by atoms with Crippen LogP contribution in [-0.2, 0) is 16.1 Å². The quantitative estimate of drug-likeness (QED) is 0.495. The van der Waals surface area contributed by atoms with Crippen LogP contribution in [0.25, 0.3) is 0 Å². The Labute approximate surface area is 174 Å². The summed E-state index contributed by atoms with van der Waals surface area (Å²) in [5.41, 5.74) is 1.78. The number of hydrogen-bond donors (Lipinski definition) is 1. The van der Waals surface area contributed by atoms with Gasteiger partial charge in [-0.1, -0.05) is 12.1 Å². The van der Waals surface area contributed by atoms with Crippen molar-refractivity contribution in [2.24, 2.45) is 0 Å². The number of likely N-dealkylation sites (N-methyl/N-ethyl adjacent to an activating group) is 1. The lowest BCUT2D eigenvalue weighted by Gasteiger charge is -2.17. The molecule has 1 aromatic heterocycles. The van der Waals surface area contributed by atoms with Gasteiger partial charge >= 0.3 is 5.97 Å². The van der Waals surface area contributed by atoms with Gasteiger partial charge in [-0.2, -0.15) is 0 Å². The molecule has 29 heavy (non-hydrogen) atoms. The number of amides is 1. The van der Waals surface area contributed by atoms with Gasteiger partial charge in [-0.15, -0.1) is 11.3 Å². The lowest BCUT2D eigenvalue weighted by atomic mass is 10.1. The summed E-state index contributed by atoms with van der Waals surface area (Å²) in [5, 5.41) is 3.10. The summed E-state index contributed by atoms with van der Waals surface area (Å²) in [6.07, 6.45) is 0. The van der Waals surface area contributed by atoms with E-state index < -0.39 is 5.97 Å². The first-order valence-corrected chi connectivity index (χ1v) is 10.0. The molecule has 7 nitrogen and oxygen atoms in total. The molecular formula is C21H26N2O5S. The summed E-state index contributed by atoms with van der Waals surface area (Å²) in [7, 11) is 3.43. The van der Waals surface area contributed by atoms with E-state index in [0.29, 0.717) is 22.0 Å². The van der Waals surface area contributed by atoms with Crippen LogP contribution in [0, 0.1) is 6.92 Å². The van der Waals surface area contributed by atoms with E-state index in [2.05, 4.69) is 5.32 Å². The molecule has 0 aliphatic rings. The zero-order valence-corrected chi connectivity index (χ0v) is 18.1. The minimum Gasteiger partial charge on any atom is -0.497 e. The zero-order chi connectivity index (χ0) is 21.6. The molecule has 156 valence electrons. The second-order valence-electron chi connectivity index (χ2n) is 6.61. The maximum absolute atomic E-state index is 12.6. The van der Waals surface area contributed by atoms with E-state index in [4.69, 9.17) is 9.47 Å². The normalized spacial score (nSPS) is 10.7. The fraction of sp³-hybridized carbons (Fsp3) is 0.381. The predicted molar refractivity (Wildman–Crippen MR) is 113 cm³/mol. The molecule has 0 unspecified atom stereocenters. The fourth-order valence-electron chi connectivity index (χ4n) is 2.94. The van der Waals surface area contributed by atoms with Crippen molar-refractivity contribution in [3.63, 3.8) is 0 Å². The Kier molecular flexibility index (Phi) is 7.92. The number of thiophene rings is 1. The van der Waals surface area contributed by atoms with Crippen LogP contribution in [0.4, 0.5) is 5.00 Å². The molecule has 1 aromatic carbocycles. The SMILES string of the molecule is CCOC(=O)c1c(NC(=O)CN(C)Cc2cccc(OC)c2)sc(C(C)=O)c1C. The van der Waals surface area contributed by atoms with Crippen molar-refractivity contribution in [3.8, 4) is 5.75 Å². The Morgan fingerprint density at radius 3 is 2.59 bits per heavy atom. The van der Waals surface area contributed by atoms with E-state index >= 15 is 0 Å². The van der Waals surface area contributed by atoms with Crippen LogP contribution in [0.15, 0.2) is 24.3 Å². The highest BCUT2D eigenvalue weighted by Gasteiger charge is 2.25. The van der Waals surface area contributed by atoms with Gasteiger partial charge in [0.1, 0.15) is 10.8 Å². The maximum Gasteiger partial charge on any atom is 0.341 e. The number of benzene rings is 1. The van der Waals surface area contributed by atoms with Crippen LogP contribution < -0.4 is 10.1 Å². The summed E-state index contributed by atoms with van der Waals surface area (Å²) >= 11 is 1.10. The van der Waals surface area contributed by atoms with Crippen molar-refractivity contribution < 1.29 is 23.9 Å². The van der Waals surface area contributed by atoms with Crippen LogP contribution >= 0.6 is 11.3 Å². The number of anilines is 1. The first-order chi connectivity index (χ1) is 13.8. The Hall–Kier alpha value is -2.71.